The standard InChI is InChI=1S/C25H34FN3O3S/c1-17-14-18(2)24(19(3)15-17)33(31,32)29-12-10-21(11-13-29)25(30)27-16-23(28(4)5)20-6-8-22(26)9-7-20/h6-9,14-15,21,23H,10-13,16H2,1-5H3,(H,27,30). The highest BCUT2D eigenvalue weighted by Gasteiger charge is 2.34. The summed E-state index contributed by atoms with van der Waals surface area (Å²) in [6.07, 6.45) is 0.969. The van der Waals surface area contributed by atoms with Crippen LogP contribution < -0.4 is 5.32 Å². The van der Waals surface area contributed by atoms with E-state index >= 15 is 0 Å². The minimum Gasteiger partial charge on any atom is -0.354 e. The van der Waals surface area contributed by atoms with Crippen LogP contribution in [-0.2, 0) is 14.8 Å². The Morgan fingerprint density at radius 1 is 1.09 bits per heavy atom. The number of nitrogens with one attached hydrogen (secondary N) is 1. The average Bonchev–Trinajstić information content (AvgIpc) is 2.74. The first-order valence-corrected chi connectivity index (χ1v) is 12.7. The summed E-state index contributed by atoms with van der Waals surface area (Å²) in [6, 6.07) is 9.99. The zero-order valence-electron chi connectivity index (χ0n) is 20.1. The van der Waals surface area contributed by atoms with Crippen molar-refractivity contribution < 1.29 is 17.6 Å². The molecular weight excluding hydrogens is 441 g/mol. The van der Waals surface area contributed by atoms with Crippen molar-refractivity contribution >= 4 is 15.9 Å². The molecular formula is C25H34FN3O3S. The van der Waals surface area contributed by atoms with E-state index in [9.17, 15) is 17.6 Å². The zero-order chi connectivity index (χ0) is 24.3. The average molecular weight is 476 g/mol. The molecule has 0 spiro atoms. The predicted molar refractivity (Wildman–Crippen MR) is 128 cm³/mol. The molecule has 0 aliphatic carbocycles. The summed E-state index contributed by atoms with van der Waals surface area (Å²) in [5.41, 5.74) is 3.47. The molecule has 1 amide bonds. The van der Waals surface area contributed by atoms with E-state index in [1.807, 2.05) is 51.9 Å². The highest BCUT2D eigenvalue weighted by molar-refractivity contribution is 7.89. The lowest BCUT2D eigenvalue weighted by Crippen LogP contribution is -2.44. The van der Waals surface area contributed by atoms with Crippen molar-refractivity contribution in [1.82, 2.24) is 14.5 Å². The largest absolute Gasteiger partial charge is 0.354 e. The van der Waals surface area contributed by atoms with Crippen molar-refractivity contribution in [1.29, 1.82) is 0 Å². The van der Waals surface area contributed by atoms with E-state index in [0.29, 0.717) is 37.4 Å². The molecule has 1 aliphatic heterocycles. The van der Waals surface area contributed by atoms with E-state index in [1.54, 1.807) is 12.1 Å². The maximum Gasteiger partial charge on any atom is 0.243 e. The molecule has 1 heterocycles. The fourth-order valence-electron chi connectivity index (χ4n) is 4.69. The van der Waals surface area contributed by atoms with Crippen molar-refractivity contribution in [2.45, 2.75) is 44.6 Å². The number of piperidine rings is 1. The number of likely N-dealkylation sites (N-methyl/N-ethyl adjacent to an activating group) is 1. The normalized spacial score (nSPS) is 16.7. The van der Waals surface area contributed by atoms with Crippen LogP contribution in [0.25, 0.3) is 0 Å². The van der Waals surface area contributed by atoms with Gasteiger partial charge in [-0.3, -0.25) is 4.79 Å². The Morgan fingerprint density at radius 2 is 1.64 bits per heavy atom. The number of aryl methyl sites for hydroxylation is 3. The third-order valence-corrected chi connectivity index (χ3v) is 8.58. The van der Waals surface area contributed by atoms with Gasteiger partial charge in [0.15, 0.2) is 0 Å². The second-order valence-corrected chi connectivity index (χ2v) is 11.1. The first kappa shape index (κ1) is 25.3. The Morgan fingerprint density at radius 3 is 2.15 bits per heavy atom. The Kier molecular flexibility index (Phi) is 7.92. The molecule has 1 unspecified atom stereocenters. The number of rotatable bonds is 7. The van der Waals surface area contributed by atoms with Crippen molar-refractivity contribution in [2.75, 3.05) is 33.7 Å². The van der Waals surface area contributed by atoms with Crippen LogP contribution in [0.5, 0.6) is 0 Å². The predicted octanol–water partition coefficient (Wildman–Crippen LogP) is 3.57. The van der Waals surface area contributed by atoms with Gasteiger partial charge < -0.3 is 10.2 Å². The summed E-state index contributed by atoms with van der Waals surface area (Å²) in [5.74, 6) is -0.588. The molecule has 1 saturated heterocycles. The summed E-state index contributed by atoms with van der Waals surface area (Å²) in [7, 11) is 0.229. The molecule has 0 radical (unpaired) electrons. The van der Waals surface area contributed by atoms with Gasteiger partial charge in [0, 0.05) is 25.6 Å². The number of sulfonamides is 1. The molecule has 0 bridgehead atoms. The maximum atomic E-state index is 13.3. The van der Waals surface area contributed by atoms with Crippen molar-refractivity contribution in [2.24, 2.45) is 5.92 Å². The zero-order valence-corrected chi connectivity index (χ0v) is 20.9. The highest BCUT2D eigenvalue weighted by Crippen LogP contribution is 2.29. The van der Waals surface area contributed by atoms with Crippen LogP contribution in [0.1, 0.15) is 41.1 Å². The minimum absolute atomic E-state index is 0.0660. The molecule has 180 valence electrons. The second-order valence-electron chi connectivity index (χ2n) is 9.18. The van der Waals surface area contributed by atoms with Crippen LogP contribution in [0.4, 0.5) is 4.39 Å². The van der Waals surface area contributed by atoms with Crippen molar-refractivity contribution in [3.63, 3.8) is 0 Å². The smallest absolute Gasteiger partial charge is 0.243 e. The number of carbonyl (C=O) groups is 1. The molecule has 0 aromatic heterocycles. The Labute approximate surface area is 196 Å². The highest BCUT2D eigenvalue weighted by atomic mass is 32.2. The Bertz CT molecular complexity index is 1070. The van der Waals surface area contributed by atoms with Crippen LogP contribution >= 0.6 is 0 Å². The van der Waals surface area contributed by atoms with Crippen LogP contribution in [0, 0.1) is 32.5 Å². The van der Waals surface area contributed by atoms with E-state index in [1.165, 1.54) is 16.4 Å². The topological polar surface area (TPSA) is 69.7 Å². The number of amides is 1. The van der Waals surface area contributed by atoms with Gasteiger partial charge in [-0.1, -0.05) is 29.8 Å². The summed E-state index contributed by atoms with van der Waals surface area (Å²) in [5, 5.41) is 3.01. The molecule has 3 rings (SSSR count). The quantitative estimate of drug-likeness (QED) is 0.665. The molecule has 6 nitrogen and oxygen atoms in total. The van der Waals surface area contributed by atoms with Gasteiger partial charge in [0.05, 0.1) is 10.9 Å². The number of hydrogen-bond acceptors (Lipinski definition) is 4. The SMILES string of the molecule is Cc1cc(C)c(S(=O)(=O)N2CCC(C(=O)NCC(c3ccc(F)cc3)N(C)C)CC2)c(C)c1. The molecule has 0 saturated carbocycles. The summed E-state index contributed by atoms with van der Waals surface area (Å²) >= 11 is 0. The molecule has 2 aromatic carbocycles. The molecule has 1 atom stereocenters. The van der Waals surface area contributed by atoms with Gasteiger partial charge in [-0.15, -0.1) is 0 Å². The van der Waals surface area contributed by atoms with Gasteiger partial charge in [-0.05, 0) is 76.5 Å². The summed E-state index contributed by atoms with van der Waals surface area (Å²) in [6.45, 7) is 6.66. The molecule has 1 aliphatic rings. The van der Waals surface area contributed by atoms with E-state index in [0.717, 1.165) is 22.3 Å². The van der Waals surface area contributed by atoms with E-state index in [4.69, 9.17) is 0 Å². The van der Waals surface area contributed by atoms with Gasteiger partial charge >= 0.3 is 0 Å². The molecule has 33 heavy (non-hydrogen) atoms. The second kappa shape index (κ2) is 10.3. The molecule has 1 N–H and O–H groups in total. The number of hydrogen-bond donors (Lipinski definition) is 1. The lowest BCUT2D eigenvalue weighted by molar-refractivity contribution is -0.126. The third-order valence-electron chi connectivity index (χ3n) is 6.38. The number of carbonyl (C=O) groups excluding carboxylic acids is 1. The van der Waals surface area contributed by atoms with Crippen molar-refractivity contribution in [3.05, 3.63) is 64.5 Å². The minimum atomic E-state index is -3.60. The van der Waals surface area contributed by atoms with Gasteiger partial charge in [0.2, 0.25) is 15.9 Å². The van der Waals surface area contributed by atoms with Crippen LogP contribution in [0.3, 0.4) is 0 Å². The lowest BCUT2D eigenvalue weighted by Gasteiger charge is -2.32. The number of halogens is 1. The fraction of sp³-hybridized carbons (Fsp3) is 0.480. The summed E-state index contributed by atoms with van der Waals surface area (Å²) < 4.78 is 41.3. The van der Waals surface area contributed by atoms with Crippen LogP contribution in [0.15, 0.2) is 41.3 Å². The third kappa shape index (κ3) is 5.80. The van der Waals surface area contributed by atoms with Crippen LogP contribution in [-0.4, -0.2) is 57.3 Å². The van der Waals surface area contributed by atoms with Gasteiger partial charge in [-0.25, -0.2) is 12.8 Å². The molecule has 8 heteroatoms. The van der Waals surface area contributed by atoms with E-state index in [-0.39, 0.29) is 23.7 Å². The Balaban J connectivity index is 1.61. The monoisotopic (exact) mass is 475 g/mol. The molecule has 1 fully saturated rings. The first-order valence-electron chi connectivity index (χ1n) is 11.3. The Hall–Kier alpha value is -2.29. The first-order chi connectivity index (χ1) is 15.5. The van der Waals surface area contributed by atoms with Crippen molar-refractivity contribution in [3.8, 4) is 0 Å². The van der Waals surface area contributed by atoms with Gasteiger partial charge in [0.25, 0.3) is 0 Å². The number of nitrogens with zero attached hydrogens (tertiary/aromatic N) is 2. The molecule has 2 aromatic rings. The maximum absolute atomic E-state index is 13.3. The lowest BCUT2D eigenvalue weighted by atomic mass is 9.97. The van der Waals surface area contributed by atoms with Gasteiger partial charge in [0.1, 0.15) is 5.82 Å². The fourth-order valence-corrected chi connectivity index (χ4v) is 6.57. The summed E-state index contributed by atoms with van der Waals surface area (Å²) in [4.78, 5) is 15.2. The van der Waals surface area contributed by atoms with E-state index < -0.39 is 10.0 Å². The number of benzene rings is 2. The van der Waals surface area contributed by atoms with E-state index in [2.05, 4.69) is 5.32 Å². The van der Waals surface area contributed by atoms with Crippen LogP contribution in [0.2, 0.25) is 0 Å². The van der Waals surface area contributed by atoms with Gasteiger partial charge in [-0.2, -0.15) is 4.31 Å².